The van der Waals surface area contributed by atoms with Gasteiger partial charge in [0.05, 0.1) is 12.9 Å². The SMILES string of the molecule is CCCNC(C1=COCCC1)C1CC2CC2C1. The fourth-order valence-electron chi connectivity index (χ4n) is 3.75. The summed E-state index contributed by atoms with van der Waals surface area (Å²) in [6.45, 7) is 4.32. The monoisotopic (exact) mass is 235 g/mol. The van der Waals surface area contributed by atoms with Crippen LogP contribution in [-0.2, 0) is 4.74 Å². The Bertz CT molecular complexity index is 289. The number of fused-ring (bicyclic) bond motifs is 1. The molecule has 0 aromatic heterocycles. The molecule has 0 radical (unpaired) electrons. The minimum absolute atomic E-state index is 0.614. The van der Waals surface area contributed by atoms with E-state index in [4.69, 9.17) is 4.74 Å². The van der Waals surface area contributed by atoms with Crippen LogP contribution in [0.15, 0.2) is 11.8 Å². The Kier molecular flexibility index (Phi) is 3.41. The van der Waals surface area contributed by atoms with Gasteiger partial charge in [0.2, 0.25) is 0 Å². The van der Waals surface area contributed by atoms with Gasteiger partial charge >= 0.3 is 0 Å². The molecule has 3 aliphatic rings. The number of hydrogen-bond donors (Lipinski definition) is 1. The largest absolute Gasteiger partial charge is 0.501 e. The second kappa shape index (κ2) is 5.01. The maximum Gasteiger partial charge on any atom is 0.0876 e. The van der Waals surface area contributed by atoms with Gasteiger partial charge in [0.25, 0.3) is 0 Å². The summed E-state index contributed by atoms with van der Waals surface area (Å²) in [5.41, 5.74) is 1.54. The van der Waals surface area contributed by atoms with E-state index in [-0.39, 0.29) is 0 Å². The predicted octanol–water partition coefficient (Wildman–Crippen LogP) is 3.10. The Morgan fingerprint density at radius 2 is 2.18 bits per heavy atom. The number of nitrogens with one attached hydrogen (secondary N) is 1. The molecule has 2 aliphatic carbocycles. The van der Waals surface area contributed by atoms with Crippen molar-refractivity contribution in [2.24, 2.45) is 17.8 Å². The third kappa shape index (κ3) is 2.52. The molecule has 3 unspecified atom stereocenters. The van der Waals surface area contributed by atoms with Crippen molar-refractivity contribution < 1.29 is 4.74 Å². The molecule has 2 saturated carbocycles. The highest BCUT2D eigenvalue weighted by molar-refractivity contribution is 5.15. The van der Waals surface area contributed by atoms with Gasteiger partial charge in [0.15, 0.2) is 0 Å². The molecule has 2 heteroatoms. The van der Waals surface area contributed by atoms with Crippen LogP contribution >= 0.6 is 0 Å². The molecule has 0 saturated heterocycles. The Morgan fingerprint density at radius 3 is 2.82 bits per heavy atom. The van der Waals surface area contributed by atoms with E-state index >= 15 is 0 Å². The van der Waals surface area contributed by atoms with Crippen LogP contribution in [0.4, 0.5) is 0 Å². The number of rotatable bonds is 5. The molecule has 0 aromatic carbocycles. The predicted molar refractivity (Wildman–Crippen MR) is 69.7 cm³/mol. The Hall–Kier alpha value is -0.500. The van der Waals surface area contributed by atoms with E-state index in [1.807, 2.05) is 0 Å². The van der Waals surface area contributed by atoms with Gasteiger partial charge in [-0.3, -0.25) is 0 Å². The first kappa shape index (κ1) is 11.6. The van der Waals surface area contributed by atoms with Crippen LogP contribution in [0.5, 0.6) is 0 Å². The first-order chi connectivity index (χ1) is 8.38. The fourth-order valence-corrected chi connectivity index (χ4v) is 3.75. The average molecular weight is 235 g/mol. The zero-order chi connectivity index (χ0) is 11.7. The van der Waals surface area contributed by atoms with Crippen molar-refractivity contribution in [1.82, 2.24) is 5.32 Å². The van der Waals surface area contributed by atoms with E-state index in [1.54, 1.807) is 0 Å². The van der Waals surface area contributed by atoms with Gasteiger partial charge in [-0.05, 0) is 68.4 Å². The molecule has 17 heavy (non-hydrogen) atoms. The van der Waals surface area contributed by atoms with E-state index in [2.05, 4.69) is 18.5 Å². The highest BCUT2D eigenvalue weighted by Crippen LogP contribution is 2.55. The summed E-state index contributed by atoms with van der Waals surface area (Å²) in [5, 5.41) is 3.77. The van der Waals surface area contributed by atoms with Crippen molar-refractivity contribution in [2.45, 2.75) is 51.5 Å². The third-order valence-corrected chi connectivity index (χ3v) is 4.73. The average Bonchev–Trinajstić information content (AvgIpc) is 2.98. The van der Waals surface area contributed by atoms with Crippen molar-refractivity contribution in [3.8, 4) is 0 Å². The topological polar surface area (TPSA) is 21.3 Å². The van der Waals surface area contributed by atoms with Crippen molar-refractivity contribution in [1.29, 1.82) is 0 Å². The Morgan fingerprint density at radius 1 is 1.35 bits per heavy atom. The molecular weight excluding hydrogens is 210 g/mol. The number of ether oxygens (including phenoxy) is 1. The first-order valence-corrected chi connectivity index (χ1v) is 7.42. The van der Waals surface area contributed by atoms with Crippen molar-refractivity contribution in [2.75, 3.05) is 13.2 Å². The second-order valence-corrected chi connectivity index (χ2v) is 6.09. The van der Waals surface area contributed by atoms with E-state index in [9.17, 15) is 0 Å². The Balaban J connectivity index is 1.64. The van der Waals surface area contributed by atoms with Gasteiger partial charge in [-0.2, -0.15) is 0 Å². The molecule has 96 valence electrons. The van der Waals surface area contributed by atoms with Crippen molar-refractivity contribution in [3.05, 3.63) is 11.8 Å². The van der Waals surface area contributed by atoms with Crippen LogP contribution in [0.3, 0.4) is 0 Å². The second-order valence-electron chi connectivity index (χ2n) is 6.09. The lowest BCUT2D eigenvalue weighted by atomic mass is 9.87. The van der Waals surface area contributed by atoms with Crippen molar-refractivity contribution in [3.63, 3.8) is 0 Å². The molecule has 0 amide bonds. The zero-order valence-corrected chi connectivity index (χ0v) is 11.0. The highest BCUT2D eigenvalue weighted by Gasteiger charge is 2.48. The molecule has 2 fully saturated rings. The maximum atomic E-state index is 5.54. The molecule has 1 aliphatic heterocycles. The van der Waals surface area contributed by atoms with Gasteiger partial charge in [-0.1, -0.05) is 6.92 Å². The molecule has 0 aromatic rings. The Labute approximate surface area is 105 Å². The van der Waals surface area contributed by atoms with Gasteiger partial charge in [-0.25, -0.2) is 0 Å². The lowest BCUT2D eigenvalue weighted by molar-refractivity contribution is 0.212. The summed E-state index contributed by atoms with van der Waals surface area (Å²) in [6.07, 6.45) is 10.2. The summed E-state index contributed by atoms with van der Waals surface area (Å²) in [6, 6.07) is 0.614. The summed E-state index contributed by atoms with van der Waals surface area (Å²) >= 11 is 0. The fraction of sp³-hybridized carbons (Fsp3) is 0.867. The molecule has 1 heterocycles. The van der Waals surface area contributed by atoms with Crippen LogP contribution in [0.2, 0.25) is 0 Å². The molecule has 3 atom stereocenters. The van der Waals surface area contributed by atoms with E-state index in [1.165, 1.54) is 44.1 Å². The molecule has 2 nitrogen and oxygen atoms in total. The highest BCUT2D eigenvalue weighted by atomic mass is 16.5. The molecule has 0 spiro atoms. The van der Waals surface area contributed by atoms with E-state index in [0.29, 0.717) is 6.04 Å². The summed E-state index contributed by atoms with van der Waals surface area (Å²) < 4.78 is 5.54. The lowest BCUT2D eigenvalue weighted by Crippen LogP contribution is -2.38. The van der Waals surface area contributed by atoms with Crippen LogP contribution in [0, 0.1) is 17.8 Å². The minimum Gasteiger partial charge on any atom is -0.501 e. The quantitative estimate of drug-likeness (QED) is 0.790. The summed E-state index contributed by atoms with van der Waals surface area (Å²) in [5.74, 6) is 3.05. The van der Waals surface area contributed by atoms with Gasteiger partial charge in [0.1, 0.15) is 0 Å². The third-order valence-electron chi connectivity index (χ3n) is 4.73. The van der Waals surface area contributed by atoms with Crippen molar-refractivity contribution >= 4 is 0 Å². The van der Waals surface area contributed by atoms with E-state index < -0.39 is 0 Å². The molecule has 0 bridgehead atoms. The van der Waals surface area contributed by atoms with Crippen LogP contribution in [-0.4, -0.2) is 19.2 Å². The van der Waals surface area contributed by atoms with Crippen LogP contribution in [0.1, 0.15) is 45.4 Å². The van der Waals surface area contributed by atoms with E-state index in [0.717, 1.165) is 30.9 Å². The van der Waals surface area contributed by atoms with Crippen LogP contribution in [0.25, 0.3) is 0 Å². The standard InChI is InChI=1S/C15H25NO/c1-2-5-16-15(11-4-3-6-17-10-11)14-8-12-7-13(12)9-14/h10,12-16H,2-9H2,1H3. The molecule has 3 rings (SSSR count). The molecule has 1 N–H and O–H groups in total. The first-order valence-electron chi connectivity index (χ1n) is 7.42. The minimum atomic E-state index is 0.614. The summed E-state index contributed by atoms with van der Waals surface area (Å²) in [7, 11) is 0. The summed E-state index contributed by atoms with van der Waals surface area (Å²) in [4.78, 5) is 0. The van der Waals surface area contributed by atoms with Gasteiger partial charge in [0, 0.05) is 6.04 Å². The van der Waals surface area contributed by atoms with Gasteiger partial charge in [-0.15, -0.1) is 0 Å². The normalized spacial score (nSPS) is 37.0. The smallest absolute Gasteiger partial charge is 0.0876 e. The maximum absolute atomic E-state index is 5.54. The van der Waals surface area contributed by atoms with Crippen LogP contribution < -0.4 is 5.32 Å². The number of hydrogen-bond acceptors (Lipinski definition) is 2. The molecular formula is C15H25NO. The van der Waals surface area contributed by atoms with Gasteiger partial charge < -0.3 is 10.1 Å². The zero-order valence-electron chi connectivity index (χ0n) is 11.0. The lowest BCUT2D eigenvalue weighted by Gasteiger charge is -2.30.